The molecule has 8 nitrogen and oxygen atoms in total. The van der Waals surface area contributed by atoms with Crippen LogP contribution in [0.4, 0.5) is 5.69 Å². The Morgan fingerprint density at radius 3 is 2.77 bits per heavy atom. The molecule has 0 bridgehead atoms. The van der Waals surface area contributed by atoms with Crippen LogP contribution in [0.15, 0.2) is 53.5 Å². The molecule has 0 saturated carbocycles. The number of amides is 2. The number of carbonyl (C=O) groups excluding carboxylic acids is 2. The molecule has 0 saturated heterocycles. The second kappa shape index (κ2) is 9.41. The Balaban J connectivity index is 1.60. The van der Waals surface area contributed by atoms with E-state index >= 15 is 0 Å². The van der Waals surface area contributed by atoms with E-state index in [0.717, 1.165) is 0 Å². The molecular formula is C21H21ClN4O4. The van der Waals surface area contributed by atoms with Gasteiger partial charge < -0.3 is 15.0 Å². The normalized spacial score (nSPS) is 10.6. The summed E-state index contributed by atoms with van der Waals surface area (Å²) in [6, 6.07) is 12.0. The van der Waals surface area contributed by atoms with Gasteiger partial charge in [-0.3, -0.25) is 19.1 Å². The fourth-order valence-corrected chi connectivity index (χ4v) is 3.17. The van der Waals surface area contributed by atoms with Crippen molar-refractivity contribution >= 4 is 40.0 Å². The monoisotopic (exact) mass is 428 g/mol. The number of aromatic nitrogens is 2. The van der Waals surface area contributed by atoms with Gasteiger partial charge in [0.2, 0.25) is 17.2 Å². The lowest BCUT2D eigenvalue weighted by molar-refractivity contribution is -0.133. The summed E-state index contributed by atoms with van der Waals surface area (Å²) in [5, 5.41) is 7.81. The average molecular weight is 429 g/mol. The van der Waals surface area contributed by atoms with Crippen molar-refractivity contribution in [1.29, 1.82) is 0 Å². The van der Waals surface area contributed by atoms with Crippen LogP contribution >= 0.6 is 11.6 Å². The molecule has 9 heteroatoms. The molecule has 2 aromatic carbocycles. The van der Waals surface area contributed by atoms with Gasteiger partial charge in [-0.2, -0.15) is 5.10 Å². The van der Waals surface area contributed by atoms with Gasteiger partial charge in [-0.25, -0.2) is 0 Å². The number of hydrogen-bond acceptors (Lipinski definition) is 5. The zero-order chi connectivity index (χ0) is 21.7. The second-order valence-electron chi connectivity index (χ2n) is 6.64. The molecule has 2 amide bonds. The predicted molar refractivity (Wildman–Crippen MR) is 115 cm³/mol. The molecule has 0 unspecified atom stereocenters. The van der Waals surface area contributed by atoms with Crippen molar-refractivity contribution in [1.82, 2.24) is 14.7 Å². The van der Waals surface area contributed by atoms with Crippen LogP contribution in [0.5, 0.6) is 5.75 Å². The van der Waals surface area contributed by atoms with E-state index in [4.69, 9.17) is 16.3 Å². The second-order valence-corrected chi connectivity index (χ2v) is 7.08. The van der Waals surface area contributed by atoms with Gasteiger partial charge in [0.15, 0.2) is 0 Å². The zero-order valence-corrected chi connectivity index (χ0v) is 17.3. The van der Waals surface area contributed by atoms with E-state index in [1.54, 1.807) is 48.1 Å². The van der Waals surface area contributed by atoms with Crippen molar-refractivity contribution in [3.8, 4) is 5.75 Å². The van der Waals surface area contributed by atoms with E-state index in [9.17, 15) is 14.4 Å². The number of hydrogen-bond donors (Lipinski definition) is 1. The third-order valence-corrected chi connectivity index (χ3v) is 4.78. The molecule has 1 aromatic heterocycles. The fourth-order valence-electron chi connectivity index (χ4n) is 3.00. The number of nitrogens with zero attached hydrogens (tertiary/aromatic N) is 3. The summed E-state index contributed by atoms with van der Waals surface area (Å²) in [7, 11) is 3.04. The lowest BCUT2D eigenvalue weighted by Gasteiger charge is -2.18. The summed E-state index contributed by atoms with van der Waals surface area (Å²) in [5.41, 5.74) is 0.921. The van der Waals surface area contributed by atoms with Crippen LogP contribution in [0.3, 0.4) is 0 Å². The highest BCUT2D eigenvalue weighted by Crippen LogP contribution is 2.27. The first-order chi connectivity index (χ1) is 14.4. The molecule has 3 aromatic rings. The van der Waals surface area contributed by atoms with Crippen molar-refractivity contribution in [3.63, 3.8) is 0 Å². The number of nitrogens with one attached hydrogen (secondary N) is 1. The SMILES string of the molecule is COc1ccc(Cl)cc1NC(=O)CN(C)C(=O)CCn1ncc(=O)c2ccccc21. The molecule has 0 fully saturated rings. The van der Waals surface area contributed by atoms with Gasteiger partial charge in [0, 0.05) is 23.9 Å². The summed E-state index contributed by atoms with van der Waals surface area (Å²) >= 11 is 5.96. The number of halogens is 1. The molecule has 30 heavy (non-hydrogen) atoms. The summed E-state index contributed by atoms with van der Waals surface area (Å²) in [4.78, 5) is 38.1. The lowest BCUT2D eigenvalue weighted by atomic mass is 10.2. The maximum atomic E-state index is 12.5. The van der Waals surface area contributed by atoms with E-state index in [1.807, 2.05) is 6.07 Å². The molecule has 3 rings (SSSR count). The minimum Gasteiger partial charge on any atom is -0.495 e. The maximum absolute atomic E-state index is 12.5. The molecule has 156 valence electrons. The van der Waals surface area contributed by atoms with Gasteiger partial charge in [-0.15, -0.1) is 0 Å². The van der Waals surface area contributed by atoms with Gasteiger partial charge in [0.1, 0.15) is 5.75 Å². The number of para-hydroxylation sites is 1. The standard InChI is InChI=1S/C21H21ClN4O4/c1-25(13-20(28)24-16-11-14(22)7-8-19(16)30-2)21(29)9-10-26-17-6-4-3-5-15(17)18(27)12-23-26/h3-8,11-12H,9-10,13H2,1-2H3,(H,24,28). The van der Waals surface area contributed by atoms with Crippen LogP contribution in [0, 0.1) is 0 Å². The Labute approximate surface area is 178 Å². The molecule has 0 radical (unpaired) electrons. The molecule has 0 aliphatic rings. The van der Waals surface area contributed by atoms with Gasteiger partial charge in [0.25, 0.3) is 0 Å². The number of anilines is 1. The van der Waals surface area contributed by atoms with Crippen molar-refractivity contribution < 1.29 is 14.3 Å². The molecule has 0 aliphatic heterocycles. The molecule has 0 spiro atoms. The van der Waals surface area contributed by atoms with Crippen LogP contribution < -0.4 is 15.5 Å². The van der Waals surface area contributed by atoms with Crippen LogP contribution in [0.25, 0.3) is 10.9 Å². The minimum atomic E-state index is -0.377. The minimum absolute atomic E-state index is 0.129. The van der Waals surface area contributed by atoms with Gasteiger partial charge in [0.05, 0.1) is 37.6 Å². The number of methoxy groups -OCH3 is 1. The van der Waals surface area contributed by atoms with Crippen LogP contribution in [0.2, 0.25) is 5.02 Å². The zero-order valence-electron chi connectivity index (χ0n) is 16.6. The quantitative estimate of drug-likeness (QED) is 0.624. The first-order valence-electron chi connectivity index (χ1n) is 9.21. The topological polar surface area (TPSA) is 93.5 Å². The summed E-state index contributed by atoms with van der Waals surface area (Å²) < 4.78 is 6.81. The number of carbonyl (C=O) groups is 2. The van der Waals surface area contributed by atoms with Crippen LogP contribution in [-0.4, -0.2) is 47.2 Å². The number of likely N-dealkylation sites (N-methyl/N-ethyl adjacent to an activating group) is 1. The smallest absolute Gasteiger partial charge is 0.244 e. The first kappa shape index (κ1) is 21.3. The molecule has 1 heterocycles. The third-order valence-electron chi connectivity index (χ3n) is 4.54. The van der Waals surface area contributed by atoms with Crippen molar-refractivity contribution in [3.05, 3.63) is 63.9 Å². The van der Waals surface area contributed by atoms with E-state index < -0.39 is 0 Å². The maximum Gasteiger partial charge on any atom is 0.244 e. The fraction of sp³-hybridized carbons (Fsp3) is 0.238. The third kappa shape index (κ3) is 4.96. The van der Waals surface area contributed by atoms with E-state index in [2.05, 4.69) is 10.4 Å². The Morgan fingerprint density at radius 1 is 1.23 bits per heavy atom. The van der Waals surface area contributed by atoms with Crippen molar-refractivity contribution in [2.24, 2.45) is 0 Å². The number of aryl methyl sites for hydroxylation is 1. The molecule has 0 atom stereocenters. The Bertz CT molecular complexity index is 1150. The van der Waals surface area contributed by atoms with Crippen molar-refractivity contribution in [2.75, 3.05) is 26.0 Å². The Kier molecular flexibility index (Phi) is 6.68. The van der Waals surface area contributed by atoms with E-state index in [0.29, 0.717) is 27.4 Å². The highest BCUT2D eigenvalue weighted by atomic mass is 35.5. The average Bonchev–Trinajstić information content (AvgIpc) is 2.73. The largest absolute Gasteiger partial charge is 0.495 e. The predicted octanol–water partition coefficient (Wildman–Crippen LogP) is 2.55. The molecule has 1 N–H and O–H groups in total. The highest BCUT2D eigenvalue weighted by molar-refractivity contribution is 6.31. The first-order valence-corrected chi connectivity index (χ1v) is 9.59. The summed E-state index contributed by atoms with van der Waals surface area (Å²) in [6.45, 7) is 0.153. The van der Waals surface area contributed by atoms with Gasteiger partial charge >= 0.3 is 0 Å². The molecule has 0 aliphatic carbocycles. The summed E-state index contributed by atoms with van der Waals surface area (Å²) in [6.07, 6.45) is 1.37. The van der Waals surface area contributed by atoms with E-state index in [1.165, 1.54) is 18.2 Å². The van der Waals surface area contributed by atoms with Crippen LogP contribution in [0.1, 0.15) is 6.42 Å². The van der Waals surface area contributed by atoms with E-state index in [-0.39, 0.29) is 36.8 Å². The number of fused-ring (bicyclic) bond motifs is 1. The van der Waals surface area contributed by atoms with Crippen LogP contribution in [-0.2, 0) is 16.1 Å². The van der Waals surface area contributed by atoms with Crippen molar-refractivity contribution in [2.45, 2.75) is 13.0 Å². The van der Waals surface area contributed by atoms with Gasteiger partial charge in [-0.05, 0) is 30.3 Å². The lowest BCUT2D eigenvalue weighted by Crippen LogP contribution is -2.35. The Morgan fingerprint density at radius 2 is 2.00 bits per heavy atom. The van der Waals surface area contributed by atoms with Gasteiger partial charge in [-0.1, -0.05) is 23.7 Å². The Hall–Kier alpha value is -3.39. The number of benzene rings is 2. The summed E-state index contributed by atoms with van der Waals surface area (Å²) in [5.74, 6) is -0.135. The number of rotatable bonds is 7. The highest BCUT2D eigenvalue weighted by Gasteiger charge is 2.15. The molecular weight excluding hydrogens is 408 g/mol. The number of ether oxygens (including phenoxy) is 1.